The lowest BCUT2D eigenvalue weighted by Crippen LogP contribution is -2.45. The second-order valence-electron chi connectivity index (χ2n) is 4.32. The minimum atomic E-state index is 0.144. The summed E-state index contributed by atoms with van der Waals surface area (Å²) in [6.07, 6.45) is 1.67. The van der Waals surface area contributed by atoms with Crippen LogP contribution in [-0.4, -0.2) is 60.9 Å². The molecular formula is C12H19ClN4O2. The van der Waals surface area contributed by atoms with Gasteiger partial charge in [0, 0.05) is 19.6 Å². The zero-order valence-corrected chi connectivity index (χ0v) is 12.0. The van der Waals surface area contributed by atoms with Crippen molar-refractivity contribution in [3.05, 3.63) is 11.2 Å². The molecule has 1 atom stereocenters. The van der Waals surface area contributed by atoms with Gasteiger partial charge in [-0.15, -0.1) is 0 Å². The third-order valence-electron chi connectivity index (χ3n) is 3.07. The van der Waals surface area contributed by atoms with E-state index in [1.54, 1.807) is 0 Å². The Morgan fingerprint density at radius 2 is 2.47 bits per heavy atom. The maximum atomic E-state index is 6.03. The van der Waals surface area contributed by atoms with E-state index in [0.717, 1.165) is 26.2 Å². The quantitative estimate of drug-likeness (QED) is 0.880. The van der Waals surface area contributed by atoms with Crippen LogP contribution in [0.1, 0.15) is 6.92 Å². The zero-order valence-electron chi connectivity index (χ0n) is 11.2. The van der Waals surface area contributed by atoms with Gasteiger partial charge in [0.15, 0.2) is 5.82 Å². The Morgan fingerprint density at radius 1 is 1.63 bits per heavy atom. The van der Waals surface area contributed by atoms with Crippen LogP contribution < -0.4 is 10.1 Å². The van der Waals surface area contributed by atoms with Gasteiger partial charge in [-0.05, 0) is 6.54 Å². The number of hydrogen-bond acceptors (Lipinski definition) is 6. The van der Waals surface area contributed by atoms with Crippen molar-refractivity contribution in [3.8, 4) is 6.01 Å². The number of halogens is 1. The van der Waals surface area contributed by atoms with E-state index in [1.807, 2.05) is 0 Å². The largest absolute Gasteiger partial charge is 0.467 e. The number of methoxy groups -OCH3 is 1. The highest BCUT2D eigenvalue weighted by Crippen LogP contribution is 2.20. The number of hydrogen-bond donors (Lipinski definition) is 1. The fraction of sp³-hybridized carbons (Fsp3) is 0.667. The molecule has 0 radical (unpaired) electrons. The summed E-state index contributed by atoms with van der Waals surface area (Å²) in [6, 6.07) is 0.298. The number of nitrogens with one attached hydrogen (secondary N) is 1. The molecule has 2 heterocycles. The van der Waals surface area contributed by atoms with Crippen LogP contribution in [0.25, 0.3) is 0 Å². The Labute approximate surface area is 118 Å². The predicted octanol–water partition coefficient (Wildman–Crippen LogP) is 1.27. The second kappa shape index (κ2) is 6.88. The van der Waals surface area contributed by atoms with Crippen molar-refractivity contribution in [3.63, 3.8) is 0 Å². The summed E-state index contributed by atoms with van der Waals surface area (Å²) in [5, 5.41) is 3.66. The summed E-state index contributed by atoms with van der Waals surface area (Å²) in [4.78, 5) is 10.5. The van der Waals surface area contributed by atoms with Gasteiger partial charge in [0.2, 0.25) is 0 Å². The minimum absolute atomic E-state index is 0.144. The molecule has 0 spiro atoms. The molecule has 1 aliphatic heterocycles. The molecule has 1 saturated heterocycles. The van der Waals surface area contributed by atoms with Gasteiger partial charge >= 0.3 is 6.01 Å². The Morgan fingerprint density at radius 3 is 3.21 bits per heavy atom. The van der Waals surface area contributed by atoms with Gasteiger partial charge in [0.05, 0.1) is 26.0 Å². The molecule has 0 saturated carbocycles. The molecule has 1 fully saturated rings. The average molecular weight is 287 g/mol. The van der Waals surface area contributed by atoms with Crippen molar-refractivity contribution >= 4 is 17.4 Å². The molecule has 0 bridgehead atoms. The van der Waals surface area contributed by atoms with Crippen LogP contribution in [-0.2, 0) is 4.74 Å². The number of anilines is 1. The van der Waals surface area contributed by atoms with Gasteiger partial charge in [-0.25, -0.2) is 4.98 Å². The molecule has 106 valence electrons. The Bertz CT molecular complexity index is 419. The van der Waals surface area contributed by atoms with Crippen LogP contribution in [0, 0.1) is 0 Å². The van der Waals surface area contributed by atoms with Crippen molar-refractivity contribution in [1.29, 1.82) is 0 Å². The zero-order chi connectivity index (χ0) is 13.7. The molecular weight excluding hydrogens is 268 g/mol. The number of ether oxygens (including phenoxy) is 2. The molecule has 0 aromatic carbocycles. The van der Waals surface area contributed by atoms with Crippen molar-refractivity contribution in [1.82, 2.24) is 14.9 Å². The van der Waals surface area contributed by atoms with Gasteiger partial charge in [-0.1, -0.05) is 18.5 Å². The summed E-state index contributed by atoms with van der Waals surface area (Å²) in [6.45, 7) is 6.54. The average Bonchev–Trinajstić information content (AvgIpc) is 2.46. The maximum absolute atomic E-state index is 6.03. The lowest BCUT2D eigenvalue weighted by Gasteiger charge is -2.32. The summed E-state index contributed by atoms with van der Waals surface area (Å²) in [5.74, 6) is 0.575. The second-order valence-corrected chi connectivity index (χ2v) is 4.73. The Balaban J connectivity index is 1.91. The van der Waals surface area contributed by atoms with Crippen LogP contribution >= 0.6 is 11.6 Å². The molecule has 7 heteroatoms. The lowest BCUT2D eigenvalue weighted by atomic mass is 10.2. The van der Waals surface area contributed by atoms with Crippen LogP contribution in [0.4, 0.5) is 5.82 Å². The lowest BCUT2D eigenvalue weighted by molar-refractivity contribution is -0.0192. The number of nitrogens with zero attached hydrogens (tertiary/aromatic N) is 3. The molecule has 2 rings (SSSR count). The fourth-order valence-corrected chi connectivity index (χ4v) is 2.13. The van der Waals surface area contributed by atoms with Crippen LogP contribution in [0.2, 0.25) is 5.02 Å². The van der Waals surface area contributed by atoms with Gasteiger partial charge in [0.1, 0.15) is 5.02 Å². The molecule has 0 amide bonds. The first kappa shape index (κ1) is 14.3. The molecule has 1 aromatic rings. The van der Waals surface area contributed by atoms with E-state index in [2.05, 4.69) is 27.1 Å². The minimum Gasteiger partial charge on any atom is -0.467 e. The number of likely N-dealkylation sites (N-methyl/N-ethyl adjacent to an activating group) is 1. The molecule has 19 heavy (non-hydrogen) atoms. The summed E-state index contributed by atoms with van der Waals surface area (Å²) in [7, 11) is 1.52. The SMILES string of the molecule is CCN1CCOC(CNc2nc(OC)ncc2Cl)C1. The van der Waals surface area contributed by atoms with Crippen LogP contribution in [0.15, 0.2) is 6.20 Å². The van der Waals surface area contributed by atoms with Crippen LogP contribution in [0.5, 0.6) is 6.01 Å². The van der Waals surface area contributed by atoms with Crippen molar-refractivity contribution < 1.29 is 9.47 Å². The summed E-state index contributed by atoms with van der Waals surface area (Å²) in [5.41, 5.74) is 0. The number of morpholine rings is 1. The summed E-state index contributed by atoms with van der Waals surface area (Å²) < 4.78 is 10.7. The maximum Gasteiger partial charge on any atom is 0.318 e. The van der Waals surface area contributed by atoms with E-state index in [0.29, 0.717) is 23.4 Å². The van der Waals surface area contributed by atoms with Gasteiger partial charge in [0.25, 0.3) is 0 Å². The molecule has 6 nitrogen and oxygen atoms in total. The predicted molar refractivity (Wildman–Crippen MR) is 73.9 cm³/mol. The molecule has 0 aliphatic carbocycles. The fourth-order valence-electron chi connectivity index (χ4n) is 1.97. The van der Waals surface area contributed by atoms with E-state index in [9.17, 15) is 0 Å². The monoisotopic (exact) mass is 286 g/mol. The van der Waals surface area contributed by atoms with Crippen LogP contribution in [0.3, 0.4) is 0 Å². The Hall–Kier alpha value is -1.11. The molecule has 1 aromatic heterocycles. The van der Waals surface area contributed by atoms with E-state index in [-0.39, 0.29) is 6.10 Å². The Kier molecular flexibility index (Phi) is 5.18. The van der Waals surface area contributed by atoms with Gasteiger partial charge in [-0.2, -0.15) is 4.98 Å². The number of rotatable bonds is 5. The third-order valence-corrected chi connectivity index (χ3v) is 3.35. The topological polar surface area (TPSA) is 59.5 Å². The van der Waals surface area contributed by atoms with Crippen molar-refractivity contribution in [2.45, 2.75) is 13.0 Å². The first-order chi connectivity index (χ1) is 9.22. The third kappa shape index (κ3) is 3.92. The molecule has 1 aliphatic rings. The first-order valence-electron chi connectivity index (χ1n) is 6.37. The highest BCUT2D eigenvalue weighted by atomic mass is 35.5. The van der Waals surface area contributed by atoms with Gasteiger partial charge < -0.3 is 14.8 Å². The van der Waals surface area contributed by atoms with E-state index >= 15 is 0 Å². The highest BCUT2D eigenvalue weighted by Gasteiger charge is 2.19. The first-order valence-corrected chi connectivity index (χ1v) is 6.75. The highest BCUT2D eigenvalue weighted by molar-refractivity contribution is 6.32. The smallest absolute Gasteiger partial charge is 0.318 e. The standard InChI is InChI=1S/C12H19ClN4O2/c1-3-17-4-5-19-9(8-17)6-14-11-10(13)7-15-12(16-11)18-2/h7,9H,3-6,8H2,1-2H3,(H,14,15,16). The molecule has 1 N–H and O–H groups in total. The van der Waals surface area contributed by atoms with Crippen molar-refractivity contribution in [2.75, 3.05) is 45.2 Å². The van der Waals surface area contributed by atoms with E-state index in [1.165, 1.54) is 13.3 Å². The number of aromatic nitrogens is 2. The normalized spacial score (nSPS) is 20.3. The molecule has 1 unspecified atom stereocenters. The van der Waals surface area contributed by atoms with E-state index < -0.39 is 0 Å². The van der Waals surface area contributed by atoms with Gasteiger partial charge in [-0.3, -0.25) is 4.90 Å². The van der Waals surface area contributed by atoms with Crippen molar-refractivity contribution in [2.24, 2.45) is 0 Å². The summed E-state index contributed by atoms with van der Waals surface area (Å²) >= 11 is 6.03. The van der Waals surface area contributed by atoms with E-state index in [4.69, 9.17) is 21.1 Å².